The number of rotatable bonds is 3. The molecule has 1 amide bonds. The van der Waals surface area contributed by atoms with Crippen molar-refractivity contribution in [3.05, 3.63) is 71.5 Å². The zero-order chi connectivity index (χ0) is 18.1. The van der Waals surface area contributed by atoms with Crippen LogP contribution in [0, 0.1) is 11.6 Å². The third-order valence-electron chi connectivity index (χ3n) is 4.76. The number of carbonyl (C=O) groups is 1. The van der Waals surface area contributed by atoms with E-state index in [2.05, 4.69) is 5.32 Å². The van der Waals surface area contributed by atoms with Gasteiger partial charge in [0, 0.05) is 36.7 Å². The van der Waals surface area contributed by atoms with Gasteiger partial charge in [0.2, 0.25) is 5.91 Å². The number of piperazine rings is 1. The number of carbonyl (C=O) groups excluding carboxylic acids is 1. The van der Waals surface area contributed by atoms with Crippen LogP contribution in [-0.4, -0.2) is 30.4 Å². The summed E-state index contributed by atoms with van der Waals surface area (Å²) in [6.45, 7) is 1.81. The van der Waals surface area contributed by atoms with Gasteiger partial charge in [0.1, 0.15) is 17.2 Å². The minimum Gasteiger partial charge on any atom is -0.464 e. The molecule has 1 aliphatic heterocycles. The predicted octanol–water partition coefficient (Wildman–Crippen LogP) is 3.43. The number of nitrogens with one attached hydrogen (secondary N) is 1. The Labute approximate surface area is 149 Å². The van der Waals surface area contributed by atoms with Gasteiger partial charge in [-0.2, -0.15) is 0 Å². The maximum atomic E-state index is 13.6. The van der Waals surface area contributed by atoms with Crippen molar-refractivity contribution in [2.24, 2.45) is 0 Å². The van der Waals surface area contributed by atoms with Crippen LogP contribution in [0.3, 0.4) is 0 Å². The van der Waals surface area contributed by atoms with Crippen LogP contribution in [-0.2, 0) is 11.2 Å². The Balaban J connectivity index is 1.59. The Morgan fingerprint density at radius 3 is 2.88 bits per heavy atom. The lowest BCUT2D eigenvalue weighted by Crippen LogP contribution is -2.49. The highest BCUT2D eigenvalue weighted by molar-refractivity contribution is 5.88. The first-order valence-electron chi connectivity index (χ1n) is 8.53. The van der Waals surface area contributed by atoms with E-state index in [9.17, 15) is 13.6 Å². The summed E-state index contributed by atoms with van der Waals surface area (Å²) < 4.78 is 32.3. The number of hydrogen-bond acceptors (Lipinski definition) is 3. The van der Waals surface area contributed by atoms with Crippen molar-refractivity contribution < 1.29 is 18.0 Å². The number of fused-ring (bicyclic) bond motifs is 1. The Kier molecular flexibility index (Phi) is 4.42. The highest BCUT2D eigenvalue weighted by atomic mass is 19.1. The molecule has 0 spiro atoms. The van der Waals surface area contributed by atoms with Crippen LogP contribution in [0.15, 0.2) is 53.1 Å². The number of hydrogen-bond donors (Lipinski definition) is 1. The first-order chi connectivity index (χ1) is 12.6. The molecule has 2 heterocycles. The Hall–Kier alpha value is -2.73. The average Bonchev–Trinajstić information content (AvgIpc) is 3.03. The van der Waals surface area contributed by atoms with Crippen molar-refractivity contribution >= 4 is 16.9 Å². The highest BCUT2D eigenvalue weighted by Crippen LogP contribution is 2.26. The van der Waals surface area contributed by atoms with Crippen molar-refractivity contribution in [3.8, 4) is 0 Å². The predicted molar refractivity (Wildman–Crippen MR) is 93.6 cm³/mol. The Morgan fingerprint density at radius 2 is 2.04 bits per heavy atom. The van der Waals surface area contributed by atoms with Crippen LogP contribution in [0.25, 0.3) is 11.0 Å². The molecule has 26 heavy (non-hydrogen) atoms. The first kappa shape index (κ1) is 16.7. The second-order valence-corrected chi connectivity index (χ2v) is 6.44. The molecule has 0 bridgehead atoms. The SMILES string of the molecule is O=C(Cc1coc2cc(F)ccc12)N1CCNCC1c1cccc(F)c1. The molecule has 0 saturated carbocycles. The largest absolute Gasteiger partial charge is 0.464 e. The minimum atomic E-state index is -0.377. The van der Waals surface area contributed by atoms with Crippen molar-refractivity contribution in [2.45, 2.75) is 12.5 Å². The van der Waals surface area contributed by atoms with Gasteiger partial charge in [-0.1, -0.05) is 12.1 Å². The van der Waals surface area contributed by atoms with Crippen molar-refractivity contribution in [1.82, 2.24) is 10.2 Å². The fourth-order valence-electron chi connectivity index (χ4n) is 3.47. The van der Waals surface area contributed by atoms with E-state index in [4.69, 9.17) is 4.42 Å². The zero-order valence-corrected chi connectivity index (χ0v) is 14.0. The van der Waals surface area contributed by atoms with Gasteiger partial charge < -0.3 is 14.6 Å². The fraction of sp³-hybridized carbons (Fsp3) is 0.250. The van der Waals surface area contributed by atoms with E-state index in [1.54, 1.807) is 17.0 Å². The van der Waals surface area contributed by atoms with E-state index >= 15 is 0 Å². The topological polar surface area (TPSA) is 45.5 Å². The number of nitrogens with zero attached hydrogens (tertiary/aromatic N) is 1. The normalized spacial score (nSPS) is 17.6. The average molecular weight is 356 g/mol. The number of halogens is 2. The monoisotopic (exact) mass is 356 g/mol. The lowest BCUT2D eigenvalue weighted by molar-refractivity contribution is -0.133. The minimum absolute atomic E-state index is 0.0622. The Morgan fingerprint density at radius 1 is 1.19 bits per heavy atom. The molecule has 0 radical (unpaired) electrons. The van der Waals surface area contributed by atoms with Gasteiger partial charge in [-0.05, 0) is 29.8 Å². The molecule has 1 aliphatic rings. The molecule has 0 aliphatic carbocycles. The molecule has 4 nitrogen and oxygen atoms in total. The maximum Gasteiger partial charge on any atom is 0.227 e. The molecule has 6 heteroatoms. The molecular formula is C20H18F2N2O2. The van der Waals surface area contributed by atoms with Crippen LogP contribution >= 0.6 is 0 Å². The third-order valence-corrected chi connectivity index (χ3v) is 4.76. The van der Waals surface area contributed by atoms with Crippen LogP contribution < -0.4 is 5.32 Å². The van der Waals surface area contributed by atoms with E-state index in [0.717, 1.165) is 16.5 Å². The lowest BCUT2D eigenvalue weighted by Gasteiger charge is -2.36. The molecule has 4 rings (SSSR count). The van der Waals surface area contributed by atoms with Crippen molar-refractivity contribution in [2.75, 3.05) is 19.6 Å². The summed E-state index contributed by atoms with van der Waals surface area (Å²) in [4.78, 5) is 14.7. The van der Waals surface area contributed by atoms with Gasteiger partial charge in [-0.3, -0.25) is 4.79 Å². The smallest absolute Gasteiger partial charge is 0.227 e. The Bertz CT molecular complexity index is 954. The standard InChI is InChI=1S/C20H18F2N2O2/c21-15-3-1-2-13(8-15)18-11-23-6-7-24(18)20(25)9-14-12-26-19-10-16(22)4-5-17(14)19/h1-5,8,10,12,18,23H,6-7,9,11H2. The maximum absolute atomic E-state index is 13.6. The number of furan rings is 1. The summed E-state index contributed by atoms with van der Waals surface area (Å²) in [5, 5.41) is 3.99. The molecule has 1 unspecified atom stereocenters. The summed E-state index contributed by atoms with van der Waals surface area (Å²) in [7, 11) is 0. The van der Waals surface area contributed by atoms with Gasteiger partial charge in [0.05, 0.1) is 18.7 Å². The van der Waals surface area contributed by atoms with Crippen LogP contribution in [0.4, 0.5) is 8.78 Å². The summed E-state index contributed by atoms with van der Waals surface area (Å²) in [5.74, 6) is -0.755. The summed E-state index contributed by atoms with van der Waals surface area (Å²) in [6, 6.07) is 10.4. The molecule has 3 aromatic rings. The molecule has 1 aromatic heterocycles. The number of amides is 1. The summed E-state index contributed by atoms with van der Waals surface area (Å²) in [5.41, 5.74) is 1.92. The molecule has 1 fully saturated rings. The summed E-state index contributed by atoms with van der Waals surface area (Å²) in [6.07, 6.45) is 1.66. The first-order valence-corrected chi connectivity index (χ1v) is 8.53. The van der Waals surface area contributed by atoms with Gasteiger partial charge in [-0.25, -0.2) is 8.78 Å². The highest BCUT2D eigenvalue weighted by Gasteiger charge is 2.28. The second-order valence-electron chi connectivity index (χ2n) is 6.44. The van der Waals surface area contributed by atoms with Crippen molar-refractivity contribution in [1.29, 1.82) is 0 Å². The van der Waals surface area contributed by atoms with E-state index < -0.39 is 0 Å². The molecule has 1 saturated heterocycles. The van der Waals surface area contributed by atoms with E-state index in [1.165, 1.54) is 30.5 Å². The van der Waals surface area contributed by atoms with Crippen molar-refractivity contribution in [3.63, 3.8) is 0 Å². The van der Waals surface area contributed by atoms with E-state index in [0.29, 0.717) is 25.2 Å². The lowest BCUT2D eigenvalue weighted by atomic mass is 10.0. The quantitative estimate of drug-likeness (QED) is 0.782. The van der Waals surface area contributed by atoms with Gasteiger partial charge in [0.15, 0.2) is 0 Å². The van der Waals surface area contributed by atoms with Crippen LogP contribution in [0.5, 0.6) is 0 Å². The molecule has 2 aromatic carbocycles. The molecule has 1 N–H and O–H groups in total. The third kappa shape index (κ3) is 3.20. The summed E-state index contributed by atoms with van der Waals surface area (Å²) >= 11 is 0. The van der Waals surface area contributed by atoms with Gasteiger partial charge in [-0.15, -0.1) is 0 Å². The van der Waals surface area contributed by atoms with Crippen LogP contribution in [0.2, 0.25) is 0 Å². The molecule has 1 atom stereocenters. The molecular weight excluding hydrogens is 338 g/mol. The van der Waals surface area contributed by atoms with Gasteiger partial charge >= 0.3 is 0 Å². The van der Waals surface area contributed by atoms with Gasteiger partial charge in [0.25, 0.3) is 0 Å². The van der Waals surface area contributed by atoms with E-state index in [-0.39, 0.29) is 30.0 Å². The van der Waals surface area contributed by atoms with Crippen LogP contribution in [0.1, 0.15) is 17.2 Å². The fourth-order valence-corrected chi connectivity index (χ4v) is 3.47. The second kappa shape index (κ2) is 6.88. The number of benzene rings is 2. The molecule has 134 valence electrons. The zero-order valence-electron chi connectivity index (χ0n) is 14.0. The van der Waals surface area contributed by atoms with E-state index in [1.807, 2.05) is 6.07 Å².